The number of methoxy groups -OCH3 is 2. The molecule has 0 fully saturated rings. The van der Waals surface area contributed by atoms with E-state index in [2.05, 4.69) is 10.3 Å². The van der Waals surface area contributed by atoms with Crippen LogP contribution in [-0.2, 0) is 11.4 Å². The molecule has 0 N–H and O–H groups in total. The van der Waals surface area contributed by atoms with E-state index in [4.69, 9.17) is 18.8 Å². The fourth-order valence-corrected chi connectivity index (χ4v) is 2.55. The highest BCUT2D eigenvalue weighted by molar-refractivity contribution is 5.98. The van der Waals surface area contributed by atoms with Gasteiger partial charge in [-0.15, -0.1) is 0 Å². The van der Waals surface area contributed by atoms with Gasteiger partial charge in [0.15, 0.2) is 23.9 Å². The molecule has 1 aromatic heterocycles. The molecule has 2 aromatic carbocycles. The van der Waals surface area contributed by atoms with Crippen molar-refractivity contribution in [1.29, 1.82) is 0 Å². The van der Waals surface area contributed by atoms with Crippen molar-refractivity contribution in [2.45, 2.75) is 20.5 Å². The van der Waals surface area contributed by atoms with E-state index in [1.54, 1.807) is 14.2 Å². The molecule has 27 heavy (non-hydrogen) atoms. The molecule has 140 valence electrons. The molecule has 6 nitrogen and oxygen atoms in total. The monoisotopic (exact) mass is 366 g/mol. The summed E-state index contributed by atoms with van der Waals surface area (Å²) >= 11 is 0. The van der Waals surface area contributed by atoms with Crippen molar-refractivity contribution in [1.82, 2.24) is 5.16 Å². The molecule has 1 heterocycles. The standard InChI is InChI=1S/C21H22N2O4/c1-14-5-7-16(8-6-14)19-12-18(27-23-19)13-26-22-15(2)17-9-10-20(24-3)21(11-17)25-4/h5-12H,13H2,1-4H3/b22-15+. The third-order valence-electron chi connectivity index (χ3n) is 4.12. The molecular formula is C21H22N2O4. The van der Waals surface area contributed by atoms with Gasteiger partial charge in [0.2, 0.25) is 0 Å². The van der Waals surface area contributed by atoms with Crippen LogP contribution in [0.2, 0.25) is 0 Å². The summed E-state index contributed by atoms with van der Waals surface area (Å²) in [6, 6.07) is 15.5. The smallest absolute Gasteiger partial charge is 0.177 e. The van der Waals surface area contributed by atoms with E-state index in [-0.39, 0.29) is 6.61 Å². The van der Waals surface area contributed by atoms with Crippen LogP contribution in [0, 0.1) is 6.92 Å². The Bertz CT molecular complexity index is 930. The highest BCUT2D eigenvalue weighted by Crippen LogP contribution is 2.28. The predicted molar refractivity (Wildman–Crippen MR) is 103 cm³/mol. The molecule has 0 radical (unpaired) electrons. The van der Waals surface area contributed by atoms with Gasteiger partial charge in [-0.2, -0.15) is 0 Å². The minimum Gasteiger partial charge on any atom is -0.493 e. The summed E-state index contributed by atoms with van der Waals surface area (Å²) in [5, 5.41) is 8.23. The van der Waals surface area contributed by atoms with Crippen LogP contribution in [0.15, 0.2) is 58.2 Å². The third kappa shape index (κ3) is 4.47. The number of nitrogens with zero attached hydrogens (tertiary/aromatic N) is 2. The van der Waals surface area contributed by atoms with Crippen molar-refractivity contribution in [2.24, 2.45) is 5.16 Å². The lowest BCUT2D eigenvalue weighted by Gasteiger charge is -2.09. The maximum Gasteiger partial charge on any atom is 0.177 e. The third-order valence-corrected chi connectivity index (χ3v) is 4.12. The molecule has 0 unspecified atom stereocenters. The molecule has 0 saturated carbocycles. The van der Waals surface area contributed by atoms with Gasteiger partial charge in [-0.05, 0) is 32.0 Å². The van der Waals surface area contributed by atoms with Crippen LogP contribution >= 0.6 is 0 Å². The lowest BCUT2D eigenvalue weighted by atomic mass is 10.1. The van der Waals surface area contributed by atoms with Crippen LogP contribution < -0.4 is 9.47 Å². The van der Waals surface area contributed by atoms with E-state index < -0.39 is 0 Å². The summed E-state index contributed by atoms with van der Waals surface area (Å²) in [5.74, 6) is 1.91. The second kappa shape index (κ2) is 8.40. The molecule has 0 aliphatic carbocycles. The first-order chi connectivity index (χ1) is 13.1. The van der Waals surface area contributed by atoms with Crippen LogP contribution in [-0.4, -0.2) is 25.1 Å². The van der Waals surface area contributed by atoms with Crippen molar-refractivity contribution in [2.75, 3.05) is 14.2 Å². The first kappa shape index (κ1) is 18.5. The summed E-state index contributed by atoms with van der Waals surface area (Å²) in [6.07, 6.45) is 0. The number of benzene rings is 2. The zero-order valence-corrected chi connectivity index (χ0v) is 15.9. The maximum atomic E-state index is 5.42. The predicted octanol–water partition coefficient (Wildman–Crippen LogP) is 4.61. The first-order valence-electron chi connectivity index (χ1n) is 8.52. The Kier molecular flexibility index (Phi) is 5.76. The zero-order chi connectivity index (χ0) is 19.2. The number of aryl methyl sites for hydroxylation is 1. The largest absolute Gasteiger partial charge is 0.493 e. The molecule has 0 saturated heterocycles. The Morgan fingerprint density at radius 1 is 1.00 bits per heavy atom. The molecule has 0 amide bonds. The van der Waals surface area contributed by atoms with Gasteiger partial charge in [0.25, 0.3) is 0 Å². The first-order valence-corrected chi connectivity index (χ1v) is 8.52. The van der Waals surface area contributed by atoms with Gasteiger partial charge in [0.1, 0.15) is 5.69 Å². The maximum absolute atomic E-state index is 5.42. The van der Waals surface area contributed by atoms with Crippen LogP contribution in [0.25, 0.3) is 11.3 Å². The highest BCUT2D eigenvalue weighted by Gasteiger charge is 2.09. The number of oxime groups is 1. The van der Waals surface area contributed by atoms with Gasteiger partial charge in [-0.3, -0.25) is 0 Å². The van der Waals surface area contributed by atoms with Crippen molar-refractivity contribution in [3.8, 4) is 22.8 Å². The molecule has 3 aromatic rings. The molecular weight excluding hydrogens is 344 g/mol. The average Bonchev–Trinajstić information content (AvgIpc) is 3.16. The van der Waals surface area contributed by atoms with E-state index in [1.165, 1.54) is 5.56 Å². The lowest BCUT2D eigenvalue weighted by Crippen LogP contribution is -1.99. The normalized spacial score (nSPS) is 11.3. The molecule has 0 spiro atoms. The number of hydrogen-bond acceptors (Lipinski definition) is 6. The summed E-state index contributed by atoms with van der Waals surface area (Å²) in [5.41, 5.74) is 4.57. The summed E-state index contributed by atoms with van der Waals surface area (Å²) in [4.78, 5) is 5.42. The second-order valence-corrected chi connectivity index (χ2v) is 6.06. The van der Waals surface area contributed by atoms with E-state index in [9.17, 15) is 0 Å². The Balaban J connectivity index is 1.64. The fraction of sp³-hybridized carbons (Fsp3) is 0.238. The minimum atomic E-state index is 0.198. The number of rotatable bonds is 7. The van der Waals surface area contributed by atoms with Crippen molar-refractivity contribution in [3.63, 3.8) is 0 Å². The van der Waals surface area contributed by atoms with E-state index in [0.717, 1.165) is 16.8 Å². The van der Waals surface area contributed by atoms with Gasteiger partial charge in [0, 0.05) is 17.2 Å². The molecule has 3 rings (SSSR count). The van der Waals surface area contributed by atoms with Gasteiger partial charge in [-0.1, -0.05) is 40.1 Å². The van der Waals surface area contributed by atoms with Gasteiger partial charge in [-0.25, -0.2) is 0 Å². The molecule has 0 bridgehead atoms. The molecule has 0 aliphatic heterocycles. The van der Waals surface area contributed by atoms with Crippen LogP contribution in [0.5, 0.6) is 11.5 Å². The molecule has 0 aliphatic rings. The van der Waals surface area contributed by atoms with E-state index >= 15 is 0 Å². The number of aromatic nitrogens is 1. The highest BCUT2D eigenvalue weighted by atomic mass is 16.6. The second-order valence-electron chi connectivity index (χ2n) is 6.06. The topological polar surface area (TPSA) is 66.1 Å². The fourth-order valence-electron chi connectivity index (χ4n) is 2.55. The minimum absolute atomic E-state index is 0.198. The molecule has 6 heteroatoms. The SMILES string of the molecule is COc1ccc(/C(C)=N/OCc2cc(-c3ccc(C)cc3)no2)cc1OC. The summed E-state index contributed by atoms with van der Waals surface area (Å²) < 4.78 is 15.9. The van der Waals surface area contributed by atoms with Gasteiger partial charge in [0.05, 0.1) is 19.9 Å². The van der Waals surface area contributed by atoms with Gasteiger partial charge >= 0.3 is 0 Å². The van der Waals surface area contributed by atoms with E-state index in [0.29, 0.717) is 23.0 Å². The Hall–Kier alpha value is -3.28. The van der Waals surface area contributed by atoms with E-state index in [1.807, 2.05) is 62.4 Å². The lowest BCUT2D eigenvalue weighted by molar-refractivity contribution is 0.109. The van der Waals surface area contributed by atoms with Crippen LogP contribution in [0.3, 0.4) is 0 Å². The Morgan fingerprint density at radius 3 is 2.44 bits per heavy atom. The average molecular weight is 366 g/mol. The van der Waals surface area contributed by atoms with Crippen molar-refractivity contribution >= 4 is 5.71 Å². The zero-order valence-electron chi connectivity index (χ0n) is 15.9. The summed E-state index contributed by atoms with van der Waals surface area (Å²) in [6.45, 7) is 4.10. The number of ether oxygens (including phenoxy) is 2. The van der Waals surface area contributed by atoms with Crippen LogP contribution in [0.1, 0.15) is 23.8 Å². The van der Waals surface area contributed by atoms with Gasteiger partial charge < -0.3 is 18.8 Å². The molecule has 0 atom stereocenters. The van der Waals surface area contributed by atoms with Crippen molar-refractivity contribution in [3.05, 3.63) is 65.4 Å². The Morgan fingerprint density at radius 2 is 1.74 bits per heavy atom. The number of hydrogen-bond donors (Lipinski definition) is 0. The summed E-state index contributed by atoms with van der Waals surface area (Å²) in [7, 11) is 3.20. The van der Waals surface area contributed by atoms with Crippen LogP contribution in [0.4, 0.5) is 0 Å². The quantitative estimate of drug-likeness (QED) is 0.451. The van der Waals surface area contributed by atoms with Crippen molar-refractivity contribution < 1.29 is 18.8 Å². The Labute approximate surface area is 158 Å².